The van der Waals surface area contributed by atoms with Crippen molar-refractivity contribution in [3.63, 3.8) is 0 Å². The quantitative estimate of drug-likeness (QED) is 0.647. The van der Waals surface area contributed by atoms with Gasteiger partial charge in [0.2, 0.25) is 17.7 Å². The second kappa shape index (κ2) is 7.65. The summed E-state index contributed by atoms with van der Waals surface area (Å²) in [5, 5.41) is 3.72. The smallest absolute Gasteiger partial charge is 0.244 e. The summed E-state index contributed by atoms with van der Waals surface area (Å²) in [7, 11) is 0. The summed E-state index contributed by atoms with van der Waals surface area (Å²) in [5.41, 5.74) is 2.57. The second-order valence-corrected chi connectivity index (χ2v) is 8.90. The van der Waals surface area contributed by atoms with E-state index in [9.17, 15) is 14.4 Å². The predicted molar refractivity (Wildman–Crippen MR) is 116 cm³/mol. The van der Waals surface area contributed by atoms with Crippen molar-refractivity contribution in [2.75, 3.05) is 11.9 Å². The van der Waals surface area contributed by atoms with E-state index in [1.807, 2.05) is 48.5 Å². The van der Waals surface area contributed by atoms with Crippen LogP contribution in [0.15, 0.2) is 48.5 Å². The number of carbonyl (C=O) groups excluding carboxylic acids is 3. The van der Waals surface area contributed by atoms with Gasteiger partial charge in [-0.1, -0.05) is 25.0 Å². The topological polar surface area (TPSA) is 79.4 Å². The zero-order chi connectivity index (χ0) is 20.7. The van der Waals surface area contributed by atoms with Crippen LogP contribution in [-0.2, 0) is 14.4 Å². The third-order valence-electron chi connectivity index (χ3n) is 5.94. The van der Waals surface area contributed by atoms with Crippen LogP contribution in [0.1, 0.15) is 25.7 Å². The number of nitrogens with one attached hydrogen (secondary N) is 1. The fourth-order valence-electron chi connectivity index (χ4n) is 4.42. The fraction of sp³-hybridized carbons (Fsp3) is 0.304. The van der Waals surface area contributed by atoms with Crippen molar-refractivity contribution in [3.05, 3.63) is 48.5 Å². The zero-order valence-electron chi connectivity index (χ0n) is 16.3. The minimum absolute atomic E-state index is 0.189. The van der Waals surface area contributed by atoms with Crippen molar-refractivity contribution in [2.24, 2.45) is 11.8 Å². The number of benzene rings is 2. The average Bonchev–Trinajstić information content (AvgIpc) is 3.30. The highest BCUT2D eigenvalue weighted by atomic mass is 32.1. The van der Waals surface area contributed by atoms with E-state index in [2.05, 4.69) is 10.3 Å². The molecule has 1 aliphatic heterocycles. The number of para-hydroxylation sites is 1. The second-order valence-electron chi connectivity index (χ2n) is 7.87. The Balaban J connectivity index is 1.25. The number of hydrogen-bond acceptors (Lipinski definition) is 5. The molecule has 2 fully saturated rings. The number of amides is 3. The third kappa shape index (κ3) is 3.39. The summed E-state index contributed by atoms with van der Waals surface area (Å²) in [4.78, 5) is 43.3. The third-order valence-corrected chi connectivity index (χ3v) is 7.03. The van der Waals surface area contributed by atoms with Gasteiger partial charge in [-0.05, 0) is 49.2 Å². The predicted octanol–water partition coefficient (Wildman–Crippen LogP) is 4.08. The lowest BCUT2D eigenvalue weighted by Gasteiger charge is -2.19. The molecule has 7 heteroatoms. The van der Waals surface area contributed by atoms with E-state index in [1.165, 1.54) is 0 Å². The molecule has 6 nitrogen and oxygen atoms in total. The molecule has 0 spiro atoms. The lowest BCUT2D eigenvalue weighted by atomic mass is 9.81. The van der Waals surface area contributed by atoms with Crippen LogP contribution < -0.4 is 5.32 Å². The maximum Gasteiger partial charge on any atom is 0.244 e. The number of carbonyl (C=O) groups is 3. The van der Waals surface area contributed by atoms with Gasteiger partial charge in [0.25, 0.3) is 0 Å². The molecule has 1 aromatic heterocycles. The normalized spacial score (nSPS) is 21.1. The van der Waals surface area contributed by atoms with Crippen molar-refractivity contribution < 1.29 is 14.4 Å². The number of likely N-dealkylation sites (tertiary alicyclic amines) is 1. The number of imide groups is 1. The molecule has 3 aromatic rings. The minimum atomic E-state index is -0.358. The highest BCUT2D eigenvalue weighted by Crippen LogP contribution is 2.38. The van der Waals surface area contributed by atoms with Gasteiger partial charge in [0.15, 0.2) is 0 Å². The van der Waals surface area contributed by atoms with Crippen molar-refractivity contribution in [1.29, 1.82) is 0 Å². The standard InChI is InChI=1S/C23H21N3O3S/c27-20(13-26-22(28)16-5-1-2-6-17(16)23(26)29)24-15-11-9-14(10-12-15)21-25-18-7-3-4-8-19(18)30-21/h3-4,7-12,16-17H,1-2,5-6,13H2,(H,24,27). The molecular weight excluding hydrogens is 398 g/mol. The van der Waals surface area contributed by atoms with Crippen LogP contribution in [0.3, 0.4) is 0 Å². The summed E-state index contributed by atoms with van der Waals surface area (Å²) in [6.45, 7) is -0.218. The monoisotopic (exact) mass is 419 g/mol. The molecule has 1 saturated carbocycles. The molecule has 2 unspecified atom stereocenters. The van der Waals surface area contributed by atoms with Crippen molar-refractivity contribution in [3.8, 4) is 10.6 Å². The first-order chi connectivity index (χ1) is 14.6. The molecule has 1 saturated heterocycles. The molecule has 2 atom stereocenters. The Hall–Kier alpha value is -3.06. The van der Waals surface area contributed by atoms with Crippen LogP contribution in [0.4, 0.5) is 5.69 Å². The van der Waals surface area contributed by atoms with Crippen LogP contribution in [0.2, 0.25) is 0 Å². The van der Waals surface area contributed by atoms with Crippen LogP contribution in [0, 0.1) is 11.8 Å². The Morgan fingerprint density at radius 2 is 1.67 bits per heavy atom. The van der Waals surface area contributed by atoms with E-state index in [0.717, 1.165) is 51.4 Å². The molecule has 2 aliphatic rings. The maximum atomic E-state index is 12.5. The fourth-order valence-corrected chi connectivity index (χ4v) is 5.39. The number of anilines is 1. The molecule has 152 valence electrons. The lowest BCUT2D eigenvalue weighted by molar-refractivity contribution is -0.142. The Bertz CT molecular complexity index is 1080. The molecule has 30 heavy (non-hydrogen) atoms. The summed E-state index contributed by atoms with van der Waals surface area (Å²) in [6.07, 6.45) is 3.45. The van der Waals surface area contributed by atoms with Gasteiger partial charge in [-0.2, -0.15) is 0 Å². The molecule has 3 amide bonds. The van der Waals surface area contributed by atoms with E-state index in [-0.39, 0.29) is 36.1 Å². The Morgan fingerprint density at radius 3 is 2.33 bits per heavy atom. The van der Waals surface area contributed by atoms with E-state index in [4.69, 9.17) is 0 Å². The van der Waals surface area contributed by atoms with Crippen LogP contribution >= 0.6 is 11.3 Å². The van der Waals surface area contributed by atoms with Gasteiger partial charge < -0.3 is 5.32 Å². The molecule has 2 aromatic carbocycles. The van der Waals surface area contributed by atoms with Gasteiger partial charge in [-0.25, -0.2) is 4.98 Å². The van der Waals surface area contributed by atoms with Gasteiger partial charge in [-0.15, -0.1) is 11.3 Å². The van der Waals surface area contributed by atoms with Crippen LogP contribution in [0.25, 0.3) is 20.8 Å². The molecular formula is C23H21N3O3S. The summed E-state index contributed by atoms with van der Waals surface area (Å²) in [5.74, 6) is -1.19. The molecule has 1 aliphatic carbocycles. The zero-order valence-corrected chi connectivity index (χ0v) is 17.2. The van der Waals surface area contributed by atoms with Gasteiger partial charge in [-0.3, -0.25) is 19.3 Å². The van der Waals surface area contributed by atoms with E-state index in [0.29, 0.717) is 5.69 Å². The van der Waals surface area contributed by atoms with E-state index >= 15 is 0 Å². The number of rotatable bonds is 4. The first-order valence-electron chi connectivity index (χ1n) is 10.2. The van der Waals surface area contributed by atoms with Gasteiger partial charge in [0.05, 0.1) is 22.1 Å². The van der Waals surface area contributed by atoms with E-state index in [1.54, 1.807) is 11.3 Å². The van der Waals surface area contributed by atoms with Gasteiger partial charge in [0.1, 0.15) is 11.6 Å². The highest BCUT2D eigenvalue weighted by molar-refractivity contribution is 7.21. The molecule has 0 radical (unpaired) electrons. The minimum Gasteiger partial charge on any atom is -0.325 e. The first kappa shape index (κ1) is 18.9. The number of thiazole rings is 1. The number of aromatic nitrogens is 1. The molecule has 0 bridgehead atoms. The Morgan fingerprint density at radius 1 is 1.00 bits per heavy atom. The van der Waals surface area contributed by atoms with E-state index < -0.39 is 0 Å². The first-order valence-corrected chi connectivity index (χ1v) is 11.0. The largest absolute Gasteiger partial charge is 0.325 e. The SMILES string of the molecule is O=C(CN1C(=O)C2CCCCC2C1=O)Nc1ccc(-c2nc3ccccc3s2)cc1. The van der Waals surface area contributed by atoms with Gasteiger partial charge >= 0.3 is 0 Å². The lowest BCUT2D eigenvalue weighted by Crippen LogP contribution is -2.38. The Kier molecular flexibility index (Phi) is 4.83. The maximum absolute atomic E-state index is 12.5. The number of nitrogens with zero attached hydrogens (tertiary/aromatic N) is 2. The van der Waals surface area contributed by atoms with Gasteiger partial charge in [0, 0.05) is 11.3 Å². The molecule has 1 N–H and O–H groups in total. The van der Waals surface area contributed by atoms with Crippen LogP contribution in [0.5, 0.6) is 0 Å². The molecule has 2 heterocycles. The summed E-state index contributed by atoms with van der Waals surface area (Å²) in [6, 6.07) is 15.4. The number of fused-ring (bicyclic) bond motifs is 2. The highest BCUT2D eigenvalue weighted by Gasteiger charge is 2.48. The van der Waals surface area contributed by atoms with Crippen molar-refractivity contribution in [2.45, 2.75) is 25.7 Å². The average molecular weight is 420 g/mol. The number of hydrogen-bond donors (Lipinski definition) is 1. The van der Waals surface area contributed by atoms with Crippen LogP contribution in [-0.4, -0.2) is 34.2 Å². The van der Waals surface area contributed by atoms with Crippen molar-refractivity contribution in [1.82, 2.24) is 9.88 Å². The Labute approximate surface area is 177 Å². The summed E-state index contributed by atoms with van der Waals surface area (Å²) >= 11 is 1.62. The summed E-state index contributed by atoms with van der Waals surface area (Å²) < 4.78 is 1.13. The van der Waals surface area contributed by atoms with Crippen molar-refractivity contribution >= 4 is 45.0 Å². The molecule has 5 rings (SSSR count).